The monoisotopic (exact) mass is 259 g/mol. The molecule has 0 aromatic heterocycles. The number of hydrogen-bond acceptors (Lipinski definition) is 1. The Balaban J connectivity index is 1.96. The second-order valence-electron chi connectivity index (χ2n) is 6.80. The standard InChI is InChI=1S/C18H29N/c1-5-10-19-17-8-9-18(4,13-17)12-16-7-6-14(2)15(3)11-16/h6-7,11,17,19H,5,8-10,12-13H2,1-4H3. The molecule has 2 atom stereocenters. The second kappa shape index (κ2) is 6.09. The Labute approximate surface area is 118 Å². The van der Waals surface area contributed by atoms with Crippen molar-refractivity contribution in [3.05, 3.63) is 34.9 Å². The van der Waals surface area contributed by atoms with Gasteiger partial charge in [0.05, 0.1) is 0 Å². The van der Waals surface area contributed by atoms with Gasteiger partial charge in [-0.05, 0) is 74.6 Å². The highest BCUT2D eigenvalue weighted by Gasteiger charge is 2.34. The summed E-state index contributed by atoms with van der Waals surface area (Å²) in [4.78, 5) is 0. The Morgan fingerprint density at radius 2 is 2.05 bits per heavy atom. The van der Waals surface area contributed by atoms with E-state index < -0.39 is 0 Å². The van der Waals surface area contributed by atoms with E-state index in [1.54, 1.807) is 0 Å². The summed E-state index contributed by atoms with van der Waals surface area (Å²) in [6.07, 6.45) is 6.52. The molecule has 1 N–H and O–H groups in total. The minimum atomic E-state index is 0.493. The molecule has 1 nitrogen and oxygen atoms in total. The third kappa shape index (κ3) is 3.82. The second-order valence-corrected chi connectivity index (χ2v) is 6.80. The van der Waals surface area contributed by atoms with Crippen molar-refractivity contribution in [2.75, 3.05) is 6.54 Å². The maximum atomic E-state index is 3.69. The van der Waals surface area contributed by atoms with Gasteiger partial charge in [-0.15, -0.1) is 0 Å². The van der Waals surface area contributed by atoms with Crippen molar-refractivity contribution in [2.45, 2.75) is 65.8 Å². The van der Waals surface area contributed by atoms with Crippen molar-refractivity contribution < 1.29 is 0 Å². The number of aryl methyl sites for hydroxylation is 2. The van der Waals surface area contributed by atoms with Gasteiger partial charge in [0.2, 0.25) is 0 Å². The topological polar surface area (TPSA) is 12.0 Å². The molecule has 1 aliphatic carbocycles. The minimum absolute atomic E-state index is 0.493. The Hall–Kier alpha value is -0.820. The Bertz CT molecular complexity index is 424. The first-order valence-electron chi connectivity index (χ1n) is 7.82. The molecular formula is C18H29N. The Kier molecular flexibility index (Phi) is 4.67. The summed E-state index contributed by atoms with van der Waals surface area (Å²) < 4.78 is 0. The molecule has 0 heterocycles. The van der Waals surface area contributed by atoms with Crippen molar-refractivity contribution in [1.82, 2.24) is 5.32 Å². The van der Waals surface area contributed by atoms with E-state index in [0.717, 1.165) is 6.04 Å². The van der Waals surface area contributed by atoms with E-state index in [2.05, 4.69) is 51.2 Å². The van der Waals surface area contributed by atoms with Gasteiger partial charge in [-0.3, -0.25) is 0 Å². The quantitative estimate of drug-likeness (QED) is 0.826. The van der Waals surface area contributed by atoms with E-state index in [-0.39, 0.29) is 0 Å². The number of hydrogen-bond donors (Lipinski definition) is 1. The summed E-state index contributed by atoms with van der Waals surface area (Å²) in [6.45, 7) is 10.3. The molecule has 0 spiro atoms. The van der Waals surface area contributed by atoms with E-state index in [0.29, 0.717) is 5.41 Å². The summed E-state index contributed by atoms with van der Waals surface area (Å²) in [5, 5.41) is 3.69. The van der Waals surface area contributed by atoms with Gasteiger partial charge in [-0.2, -0.15) is 0 Å². The maximum Gasteiger partial charge on any atom is 0.00725 e. The molecule has 1 aliphatic rings. The lowest BCUT2D eigenvalue weighted by Crippen LogP contribution is -2.28. The Morgan fingerprint density at radius 3 is 2.74 bits per heavy atom. The SMILES string of the molecule is CCCNC1CCC(C)(Cc2ccc(C)c(C)c2)C1. The molecule has 19 heavy (non-hydrogen) atoms. The zero-order chi connectivity index (χ0) is 13.9. The van der Waals surface area contributed by atoms with E-state index in [1.807, 2.05) is 0 Å². The van der Waals surface area contributed by atoms with Crippen LogP contribution in [0.3, 0.4) is 0 Å². The van der Waals surface area contributed by atoms with Gasteiger partial charge >= 0.3 is 0 Å². The summed E-state index contributed by atoms with van der Waals surface area (Å²) in [7, 11) is 0. The molecule has 0 saturated heterocycles. The summed E-state index contributed by atoms with van der Waals surface area (Å²) in [5.41, 5.74) is 4.84. The van der Waals surface area contributed by atoms with Gasteiger partial charge < -0.3 is 5.32 Å². The molecular weight excluding hydrogens is 230 g/mol. The molecule has 1 fully saturated rings. The molecule has 106 valence electrons. The molecule has 0 aliphatic heterocycles. The van der Waals surface area contributed by atoms with Crippen LogP contribution in [-0.4, -0.2) is 12.6 Å². The first kappa shape index (κ1) is 14.6. The van der Waals surface area contributed by atoms with Crippen LogP contribution in [0.25, 0.3) is 0 Å². The molecule has 0 bridgehead atoms. The highest BCUT2D eigenvalue weighted by molar-refractivity contribution is 5.30. The fraction of sp³-hybridized carbons (Fsp3) is 0.667. The zero-order valence-corrected chi connectivity index (χ0v) is 13.1. The van der Waals surface area contributed by atoms with Gasteiger partial charge in [0.25, 0.3) is 0 Å². The van der Waals surface area contributed by atoms with Gasteiger partial charge in [0, 0.05) is 6.04 Å². The smallest absolute Gasteiger partial charge is 0.00725 e. The van der Waals surface area contributed by atoms with Gasteiger partial charge in [0.15, 0.2) is 0 Å². The maximum absolute atomic E-state index is 3.69. The normalized spacial score (nSPS) is 26.8. The molecule has 1 aromatic carbocycles. The van der Waals surface area contributed by atoms with Crippen LogP contribution in [0.15, 0.2) is 18.2 Å². The molecule has 1 saturated carbocycles. The van der Waals surface area contributed by atoms with E-state index in [1.165, 1.54) is 55.3 Å². The number of benzene rings is 1. The number of nitrogens with one attached hydrogen (secondary N) is 1. The van der Waals surface area contributed by atoms with Crippen LogP contribution in [0.5, 0.6) is 0 Å². The van der Waals surface area contributed by atoms with Crippen LogP contribution < -0.4 is 5.32 Å². The van der Waals surface area contributed by atoms with Crippen molar-refractivity contribution in [3.63, 3.8) is 0 Å². The van der Waals surface area contributed by atoms with Crippen LogP contribution in [-0.2, 0) is 6.42 Å². The van der Waals surface area contributed by atoms with Crippen molar-refractivity contribution in [2.24, 2.45) is 5.41 Å². The number of rotatable bonds is 5. The first-order valence-corrected chi connectivity index (χ1v) is 7.82. The molecule has 0 amide bonds. The predicted molar refractivity (Wildman–Crippen MR) is 83.7 cm³/mol. The average molecular weight is 259 g/mol. The molecule has 1 aromatic rings. The van der Waals surface area contributed by atoms with Crippen molar-refractivity contribution >= 4 is 0 Å². The first-order chi connectivity index (χ1) is 9.02. The third-order valence-electron chi connectivity index (χ3n) is 4.72. The van der Waals surface area contributed by atoms with Crippen LogP contribution in [0, 0.1) is 19.3 Å². The van der Waals surface area contributed by atoms with Crippen LogP contribution in [0.2, 0.25) is 0 Å². The van der Waals surface area contributed by atoms with Gasteiger partial charge in [-0.25, -0.2) is 0 Å². The summed E-state index contributed by atoms with van der Waals surface area (Å²) in [5.74, 6) is 0. The van der Waals surface area contributed by atoms with Crippen LogP contribution in [0.1, 0.15) is 56.2 Å². The lowest BCUT2D eigenvalue weighted by atomic mass is 9.81. The van der Waals surface area contributed by atoms with Gasteiger partial charge in [0.1, 0.15) is 0 Å². The van der Waals surface area contributed by atoms with Gasteiger partial charge in [-0.1, -0.05) is 32.0 Å². The fourth-order valence-electron chi connectivity index (χ4n) is 3.41. The summed E-state index contributed by atoms with van der Waals surface area (Å²) in [6, 6.07) is 7.72. The zero-order valence-electron chi connectivity index (χ0n) is 13.1. The largest absolute Gasteiger partial charge is 0.314 e. The lowest BCUT2D eigenvalue weighted by Gasteiger charge is -2.25. The molecule has 2 rings (SSSR count). The molecule has 0 radical (unpaired) electrons. The Morgan fingerprint density at radius 1 is 1.26 bits per heavy atom. The van der Waals surface area contributed by atoms with E-state index in [4.69, 9.17) is 0 Å². The highest BCUT2D eigenvalue weighted by atomic mass is 14.9. The van der Waals surface area contributed by atoms with E-state index in [9.17, 15) is 0 Å². The van der Waals surface area contributed by atoms with E-state index >= 15 is 0 Å². The summed E-state index contributed by atoms with van der Waals surface area (Å²) >= 11 is 0. The van der Waals surface area contributed by atoms with Crippen LogP contribution >= 0.6 is 0 Å². The van der Waals surface area contributed by atoms with Crippen molar-refractivity contribution in [3.8, 4) is 0 Å². The average Bonchev–Trinajstić information content (AvgIpc) is 2.73. The molecule has 2 unspecified atom stereocenters. The van der Waals surface area contributed by atoms with Crippen molar-refractivity contribution in [1.29, 1.82) is 0 Å². The molecule has 1 heteroatoms. The minimum Gasteiger partial charge on any atom is -0.314 e. The third-order valence-corrected chi connectivity index (χ3v) is 4.72. The predicted octanol–water partition coefficient (Wildman–Crippen LogP) is 4.40. The fourth-order valence-corrected chi connectivity index (χ4v) is 3.41. The highest BCUT2D eigenvalue weighted by Crippen LogP contribution is 2.40. The lowest BCUT2D eigenvalue weighted by molar-refractivity contribution is 0.322. The van der Waals surface area contributed by atoms with Crippen LogP contribution in [0.4, 0.5) is 0 Å².